The van der Waals surface area contributed by atoms with Crippen molar-refractivity contribution in [2.75, 3.05) is 13.2 Å². The van der Waals surface area contributed by atoms with Gasteiger partial charge in [0.05, 0.1) is 6.61 Å². The Bertz CT molecular complexity index is 649. The van der Waals surface area contributed by atoms with E-state index in [1.54, 1.807) is 18.2 Å². The summed E-state index contributed by atoms with van der Waals surface area (Å²) in [5.41, 5.74) is 2.14. The summed E-state index contributed by atoms with van der Waals surface area (Å²) < 4.78 is 16.2. The van der Waals surface area contributed by atoms with E-state index in [4.69, 9.17) is 14.2 Å². The minimum atomic E-state index is -0.466. The molecule has 0 aliphatic rings. The van der Waals surface area contributed by atoms with Crippen LogP contribution < -0.4 is 14.2 Å². The summed E-state index contributed by atoms with van der Waals surface area (Å²) in [6, 6.07) is 12.9. The summed E-state index contributed by atoms with van der Waals surface area (Å²) in [6.07, 6.45) is 0. The predicted octanol–water partition coefficient (Wildman–Crippen LogP) is 3.69. The van der Waals surface area contributed by atoms with Gasteiger partial charge in [-0.3, -0.25) is 0 Å². The highest BCUT2D eigenvalue weighted by molar-refractivity contribution is 5.74. The molecule has 2 aromatic carbocycles. The van der Waals surface area contributed by atoms with Crippen LogP contribution in [0.25, 0.3) is 0 Å². The fraction of sp³-hybridized carbons (Fsp3) is 0.278. The molecule has 4 heteroatoms. The SMILES string of the molecule is CCOc1ccccc1OC(=O)COc1ccc(C)cc1C. The van der Waals surface area contributed by atoms with Crippen molar-refractivity contribution in [3.63, 3.8) is 0 Å². The maximum Gasteiger partial charge on any atom is 0.349 e. The van der Waals surface area contributed by atoms with Gasteiger partial charge < -0.3 is 14.2 Å². The Hall–Kier alpha value is -2.49. The number of carbonyl (C=O) groups excluding carboxylic acids is 1. The number of rotatable bonds is 6. The summed E-state index contributed by atoms with van der Waals surface area (Å²) in [5.74, 6) is 1.16. The third-order valence-electron chi connectivity index (χ3n) is 3.05. The van der Waals surface area contributed by atoms with E-state index in [2.05, 4.69) is 0 Å². The fourth-order valence-electron chi connectivity index (χ4n) is 2.06. The van der Waals surface area contributed by atoms with Crippen molar-refractivity contribution in [1.82, 2.24) is 0 Å². The van der Waals surface area contributed by atoms with Crippen molar-refractivity contribution >= 4 is 5.97 Å². The molecule has 0 aromatic heterocycles. The van der Waals surface area contributed by atoms with Crippen molar-refractivity contribution in [2.24, 2.45) is 0 Å². The van der Waals surface area contributed by atoms with Crippen LogP contribution in [0.1, 0.15) is 18.1 Å². The molecule has 0 fully saturated rings. The van der Waals surface area contributed by atoms with Crippen molar-refractivity contribution in [2.45, 2.75) is 20.8 Å². The van der Waals surface area contributed by atoms with Gasteiger partial charge in [-0.15, -0.1) is 0 Å². The number of carbonyl (C=O) groups is 1. The molecule has 116 valence electrons. The molecule has 0 saturated carbocycles. The Balaban J connectivity index is 1.96. The van der Waals surface area contributed by atoms with Crippen LogP contribution in [-0.2, 0) is 4.79 Å². The highest BCUT2D eigenvalue weighted by atomic mass is 16.6. The number of hydrogen-bond acceptors (Lipinski definition) is 4. The summed E-state index contributed by atoms with van der Waals surface area (Å²) in [7, 11) is 0. The van der Waals surface area contributed by atoms with Gasteiger partial charge in [0, 0.05) is 0 Å². The Morgan fingerprint density at radius 2 is 1.68 bits per heavy atom. The van der Waals surface area contributed by atoms with E-state index < -0.39 is 5.97 Å². The van der Waals surface area contributed by atoms with E-state index in [1.807, 2.05) is 45.0 Å². The molecule has 0 bridgehead atoms. The van der Waals surface area contributed by atoms with Crippen LogP contribution in [0.3, 0.4) is 0 Å². The zero-order valence-corrected chi connectivity index (χ0v) is 13.1. The Kier molecular flexibility index (Phi) is 5.42. The molecule has 0 amide bonds. The predicted molar refractivity (Wildman–Crippen MR) is 84.7 cm³/mol. The molecule has 22 heavy (non-hydrogen) atoms. The molecule has 0 N–H and O–H groups in total. The van der Waals surface area contributed by atoms with Crippen LogP contribution in [0, 0.1) is 13.8 Å². The van der Waals surface area contributed by atoms with Crippen LogP contribution in [0.4, 0.5) is 0 Å². The topological polar surface area (TPSA) is 44.8 Å². The van der Waals surface area contributed by atoms with Gasteiger partial charge in [0.15, 0.2) is 18.1 Å². The minimum absolute atomic E-state index is 0.148. The van der Waals surface area contributed by atoms with E-state index in [-0.39, 0.29) is 6.61 Å². The molecule has 0 atom stereocenters. The van der Waals surface area contributed by atoms with Gasteiger partial charge in [-0.05, 0) is 44.5 Å². The second-order valence-electron chi connectivity index (χ2n) is 4.91. The molecule has 0 heterocycles. The highest BCUT2D eigenvalue weighted by Gasteiger charge is 2.11. The largest absolute Gasteiger partial charge is 0.490 e. The number of esters is 1. The lowest BCUT2D eigenvalue weighted by Gasteiger charge is -2.12. The molecule has 0 unspecified atom stereocenters. The molecular formula is C18H20O4. The third-order valence-corrected chi connectivity index (χ3v) is 3.05. The Morgan fingerprint density at radius 3 is 2.36 bits per heavy atom. The van der Waals surface area contributed by atoms with E-state index >= 15 is 0 Å². The molecule has 0 spiro atoms. The van der Waals surface area contributed by atoms with E-state index in [0.717, 1.165) is 11.1 Å². The number of hydrogen-bond donors (Lipinski definition) is 0. The molecule has 2 rings (SSSR count). The molecule has 0 saturated heterocycles. The Morgan fingerprint density at radius 1 is 0.955 bits per heavy atom. The van der Waals surface area contributed by atoms with Gasteiger partial charge >= 0.3 is 5.97 Å². The molecule has 0 aliphatic heterocycles. The standard InChI is InChI=1S/C18H20O4/c1-4-20-16-7-5-6-8-17(16)22-18(19)12-21-15-10-9-13(2)11-14(15)3/h5-11H,4,12H2,1-3H3. The molecule has 4 nitrogen and oxygen atoms in total. The number of benzene rings is 2. The zero-order valence-electron chi connectivity index (χ0n) is 13.1. The van der Waals surface area contributed by atoms with Gasteiger partial charge in [-0.1, -0.05) is 29.8 Å². The fourth-order valence-corrected chi connectivity index (χ4v) is 2.06. The maximum absolute atomic E-state index is 11.9. The third kappa shape index (κ3) is 4.25. The van der Waals surface area contributed by atoms with Gasteiger partial charge in [0.1, 0.15) is 5.75 Å². The highest BCUT2D eigenvalue weighted by Crippen LogP contribution is 2.26. The minimum Gasteiger partial charge on any atom is -0.490 e. The van der Waals surface area contributed by atoms with Crippen LogP contribution in [0.15, 0.2) is 42.5 Å². The van der Waals surface area contributed by atoms with Gasteiger partial charge in [-0.2, -0.15) is 0 Å². The first kappa shape index (κ1) is 15.9. The zero-order chi connectivity index (χ0) is 15.9. The van der Waals surface area contributed by atoms with E-state index in [9.17, 15) is 4.79 Å². The normalized spacial score (nSPS) is 10.1. The molecule has 0 aliphatic carbocycles. The van der Waals surface area contributed by atoms with Crippen molar-refractivity contribution in [1.29, 1.82) is 0 Å². The Labute approximate surface area is 130 Å². The molecule has 0 radical (unpaired) electrons. The first-order valence-corrected chi connectivity index (χ1v) is 7.22. The summed E-state index contributed by atoms with van der Waals surface area (Å²) in [4.78, 5) is 11.9. The molecular weight excluding hydrogens is 280 g/mol. The van der Waals surface area contributed by atoms with Crippen molar-refractivity contribution < 1.29 is 19.0 Å². The number of aryl methyl sites for hydroxylation is 2. The van der Waals surface area contributed by atoms with Gasteiger partial charge in [0.25, 0.3) is 0 Å². The number of para-hydroxylation sites is 2. The monoisotopic (exact) mass is 300 g/mol. The van der Waals surface area contributed by atoms with E-state index in [0.29, 0.717) is 23.9 Å². The number of ether oxygens (including phenoxy) is 3. The van der Waals surface area contributed by atoms with E-state index in [1.165, 1.54) is 0 Å². The van der Waals surface area contributed by atoms with Gasteiger partial charge in [0.2, 0.25) is 0 Å². The lowest BCUT2D eigenvalue weighted by atomic mass is 10.1. The molecule has 2 aromatic rings. The maximum atomic E-state index is 11.9. The average molecular weight is 300 g/mol. The van der Waals surface area contributed by atoms with Crippen LogP contribution >= 0.6 is 0 Å². The van der Waals surface area contributed by atoms with Crippen molar-refractivity contribution in [3.05, 3.63) is 53.6 Å². The first-order valence-electron chi connectivity index (χ1n) is 7.22. The summed E-state index contributed by atoms with van der Waals surface area (Å²) in [5, 5.41) is 0. The second-order valence-corrected chi connectivity index (χ2v) is 4.91. The van der Waals surface area contributed by atoms with Crippen LogP contribution in [0.2, 0.25) is 0 Å². The van der Waals surface area contributed by atoms with Crippen molar-refractivity contribution in [3.8, 4) is 17.2 Å². The van der Waals surface area contributed by atoms with Gasteiger partial charge in [-0.25, -0.2) is 4.79 Å². The van der Waals surface area contributed by atoms with Crippen LogP contribution in [-0.4, -0.2) is 19.2 Å². The second kappa shape index (κ2) is 7.50. The summed E-state index contributed by atoms with van der Waals surface area (Å²) >= 11 is 0. The quantitative estimate of drug-likeness (QED) is 0.603. The summed E-state index contributed by atoms with van der Waals surface area (Å²) in [6.45, 7) is 6.19. The van der Waals surface area contributed by atoms with Crippen LogP contribution in [0.5, 0.6) is 17.2 Å². The lowest BCUT2D eigenvalue weighted by Crippen LogP contribution is -2.18. The average Bonchev–Trinajstić information content (AvgIpc) is 2.48. The smallest absolute Gasteiger partial charge is 0.349 e. The first-order chi connectivity index (χ1) is 10.6. The lowest BCUT2D eigenvalue weighted by molar-refractivity contribution is -0.136.